The summed E-state index contributed by atoms with van der Waals surface area (Å²) >= 11 is 1.64. The number of ether oxygens (including phenoxy) is 1. The number of nitrogens with zero attached hydrogens (tertiary/aromatic N) is 4. The molecule has 0 aliphatic carbocycles. The molecule has 0 unspecified atom stereocenters. The maximum absolute atomic E-state index is 13.7. The van der Waals surface area contributed by atoms with Gasteiger partial charge in [0.1, 0.15) is 5.75 Å². The standard InChI is InChI=1S/C26H30F3N5O2S/c1-32-11-4-12-33(14-13-32)24(35)23-15-20(37-25-30-21-5-2-3-6-22(21)31-25)17-34(23)16-18-7-9-19(10-8-18)36-26(27,28)29/h2-3,5-10,20,23H,4,11-17H2,1H3,(H,30,31)/t20-,23+/m1/s1. The molecule has 0 spiro atoms. The van der Waals surface area contributed by atoms with E-state index in [2.05, 4.69) is 31.6 Å². The molecule has 0 saturated carbocycles. The summed E-state index contributed by atoms with van der Waals surface area (Å²) in [7, 11) is 2.07. The number of carbonyl (C=O) groups excluding carboxylic acids is 1. The molecule has 11 heteroatoms. The molecule has 1 amide bonds. The Labute approximate surface area is 218 Å². The molecule has 3 aromatic rings. The van der Waals surface area contributed by atoms with Gasteiger partial charge in [0.25, 0.3) is 0 Å². The molecule has 2 aromatic carbocycles. The van der Waals surface area contributed by atoms with Crippen molar-refractivity contribution >= 4 is 28.7 Å². The van der Waals surface area contributed by atoms with Gasteiger partial charge in [-0.15, -0.1) is 13.2 Å². The first-order chi connectivity index (χ1) is 17.7. The van der Waals surface area contributed by atoms with E-state index in [-0.39, 0.29) is 22.9 Å². The number of amides is 1. The van der Waals surface area contributed by atoms with Gasteiger partial charge in [-0.25, -0.2) is 4.98 Å². The van der Waals surface area contributed by atoms with E-state index in [1.807, 2.05) is 29.2 Å². The second-order valence-electron chi connectivity index (χ2n) is 9.65. The molecule has 2 saturated heterocycles. The summed E-state index contributed by atoms with van der Waals surface area (Å²) in [5.41, 5.74) is 2.71. The smallest absolute Gasteiger partial charge is 0.406 e. The zero-order valence-corrected chi connectivity index (χ0v) is 21.4. The fourth-order valence-electron chi connectivity index (χ4n) is 5.03. The van der Waals surface area contributed by atoms with Crippen molar-refractivity contribution in [3.05, 3.63) is 54.1 Å². The third-order valence-electron chi connectivity index (χ3n) is 6.87. The zero-order chi connectivity index (χ0) is 26.0. The number of imidazole rings is 1. The molecule has 1 N–H and O–H groups in total. The Morgan fingerprint density at radius 2 is 1.89 bits per heavy atom. The first kappa shape index (κ1) is 25.9. The molecule has 2 aliphatic heterocycles. The third-order valence-corrected chi connectivity index (χ3v) is 7.96. The minimum absolute atomic E-state index is 0.125. The average Bonchev–Trinajstić information content (AvgIpc) is 3.37. The molecule has 3 heterocycles. The van der Waals surface area contributed by atoms with Crippen LogP contribution in [0.15, 0.2) is 53.7 Å². The summed E-state index contributed by atoms with van der Waals surface area (Å²) < 4.78 is 41.6. The Morgan fingerprint density at radius 3 is 2.65 bits per heavy atom. The van der Waals surface area contributed by atoms with Crippen molar-refractivity contribution in [3.63, 3.8) is 0 Å². The highest BCUT2D eigenvalue weighted by molar-refractivity contribution is 7.99. The minimum Gasteiger partial charge on any atom is -0.406 e. The van der Waals surface area contributed by atoms with Crippen molar-refractivity contribution in [2.75, 3.05) is 39.8 Å². The van der Waals surface area contributed by atoms with E-state index in [0.717, 1.165) is 47.8 Å². The van der Waals surface area contributed by atoms with Crippen LogP contribution in [-0.4, -0.2) is 88.0 Å². The van der Waals surface area contributed by atoms with E-state index in [0.29, 0.717) is 26.1 Å². The number of hydrogen-bond donors (Lipinski definition) is 1. The summed E-state index contributed by atoms with van der Waals surface area (Å²) in [4.78, 5) is 28.1. The van der Waals surface area contributed by atoms with E-state index in [4.69, 9.17) is 0 Å². The van der Waals surface area contributed by atoms with Crippen LogP contribution >= 0.6 is 11.8 Å². The molecule has 0 radical (unpaired) electrons. The fourth-order valence-corrected chi connectivity index (χ4v) is 6.21. The quantitative estimate of drug-likeness (QED) is 0.508. The fraction of sp³-hybridized carbons (Fsp3) is 0.462. The second kappa shape index (κ2) is 10.9. The number of benzene rings is 2. The Kier molecular flexibility index (Phi) is 7.64. The predicted molar refractivity (Wildman–Crippen MR) is 136 cm³/mol. The van der Waals surface area contributed by atoms with Crippen LogP contribution in [0.3, 0.4) is 0 Å². The van der Waals surface area contributed by atoms with Crippen LogP contribution in [0.25, 0.3) is 11.0 Å². The van der Waals surface area contributed by atoms with Gasteiger partial charge in [-0.05, 0) is 56.3 Å². The number of para-hydroxylation sites is 2. The summed E-state index contributed by atoms with van der Waals surface area (Å²) in [6, 6.07) is 13.5. The largest absolute Gasteiger partial charge is 0.573 e. The molecule has 2 atom stereocenters. The van der Waals surface area contributed by atoms with Crippen molar-refractivity contribution in [2.45, 2.75) is 42.2 Å². The van der Waals surface area contributed by atoms with Crippen LogP contribution < -0.4 is 4.74 Å². The molecule has 37 heavy (non-hydrogen) atoms. The maximum atomic E-state index is 13.7. The molecular formula is C26H30F3N5O2S. The van der Waals surface area contributed by atoms with Gasteiger partial charge in [0.05, 0.1) is 17.1 Å². The number of rotatable bonds is 6. The number of alkyl halides is 3. The Morgan fingerprint density at radius 1 is 1.11 bits per heavy atom. The average molecular weight is 534 g/mol. The number of hydrogen-bond acceptors (Lipinski definition) is 6. The van der Waals surface area contributed by atoms with Crippen LogP contribution in [-0.2, 0) is 11.3 Å². The normalized spacial score (nSPS) is 21.9. The molecule has 1 aromatic heterocycles. The third kappa shape index (κ3) is 6.58. The minimum atomic E-state index is -4.73. The number of fused-ring (bicyclic) bond motifs is 1. The lowest BCUT2D eigenvalue weighted by Crippen LogP contribution is -2.46. The van der Waals surface area contributed by atoms with E-state index in [9.17, 15) is 18.0 Å². The highest BCUT2D eigenvalue weighted by atomic mass is 32.2. The van der Waals surface area contributed by atoms with Gasteiger partial charge in [0, 0.05) is 38.0 Å². The van der Waals surface area contributed by atoms with Gasteiger partial charge in [0.2, 0.25) is 5.91 Å². The van der Waals surface area contributed by atoms with Crippen LogP contribution in [0.2, 0.25) is 0 Å². The molecule has 2 aliphatic rings. The van der Waals surface area contributed by atoms with Crippen molar-refractivity contribution in [1.82, 2.24) is 24.7 Å². The van der Waals surface area contributed by atoms with Gasteiger partial charge in [-0.3, -0.25) is 9.69 Å². The molecule has 7 nitrogen and oxygen atoms in total. The van der Waals surface area contributed by atoms with Crippen molar-refractivity contribution in [1.29, 1.82) is 0 Å². The first-order valence-electron chi connectivity index (χ1n) is 12.4. The van der Waals surface area contributed by atoms with Crippen molar-refractivity contribution in [3.8, 4) is 5.75 Å². The number of H-pyrrole nitrogens is 1. The Balaban J connectivity index is 1.32. The second-order valence-corrected chi connectivity index (χ2v) is 10.9. The number of aromatic amines is 1. The number of aromatic nitrogens is 2. The topological polar surface area (TPSA) is 64.7 Å². The van der Waals surface area contributed by atoms with Crippen LogP contribution in [0.1, 0.15) is 18.4 Å². The summed E-state index contributed by atoms with van der Waals surface area (Å²) in [5.74, 6) is -0.127. The monoisotopic (exact) mass is 533 g/mol. The SMILES string of the molecule is CN1CCCN(C(=O)[C@@H]2C[C@@H](Sc3nc4ccccc4[nH]3)CN2Cc2ccc(OC(F)(F)F)cc2)CC1. The number of halogens is 3. The number of likely N-dealkylation sites (N-methyl/N-ethyl adjacent to an activating group) is 1. The Bertz CT molecular complexity index is 1190. The van der Waals surface area contributed by atoms with Gasteiger partial charge in [-0.1, -0.05) is 36.0 Å². The number of nitrogens with one attached hydrogen (secondary N) is 1. The zero-order valence-electron chi connectivity index (χ0n) is 20.6. The summed E-state index contributed by atoms with van der Waals surface area (Å²) in [5, 5.41) is 0.973. The predicted octanol–water partition coefficient (Wildman–Crippen LogP) is 4.36. The first-order valence-corrected chi connectivity index (χ1v) is 13.3. The van der Waals surface area contributed by atoms with Gasteiger partial charge < -0.3 is 19.5 Å². The van der Waals surface area contributed by atoms with Crippen molar-refractivity contribution in [2.24, 2.45) is 0 Å². The molecule has 0 bridgehead atoms. The van der Waals surface area contributed by atoms with Crippen LogP contribution in [0.4, 0.5) is 13.2 Å². The number of thioether (sulfide) groups is 1. The lowest BCUT2D eigenvalue weighted by atomic mass is 10.1. The van der Waals surface area contributed by atoms with Gasteiger partial charge in [-0.2, -0.15) is 0 Å². The Hall–Kier alpha value is -2.76. The van der Waals surface area contributed by atoms with E-state index in [1.165, 1.54) is 12.1 Å². The van der Waals surface area contributed by atoms with Crippen molar-refractivity contribution < 1.29 is 22.7 Å². The van der Waals surface area contributed by atoms with E-state index >= 15 is 0 Å². The van der Waals surface area contributed by atoms with E-state index < -0.39 is 6.36 Å². The lowest BCUT2D eigenvalue weighted by molar-refractivity contribution is -0.274. The lowest BCUT2D eigenvalue weighted by Gasteiger charge is -2.29. The van der Waals surface area contributed by atoms with Crippen LogP contribution in [0.5, 0.6) is 5.75 Å². The van der Waals surface area contributed by atoms with E-state index in [1.54, 1.807) is 23.9 Å². The molecular weight excluding hydrogens is 503 g/mol. The maximum Gasteiger partial charge on any atom is 0.573 e. The highest BCUT2D eigenvalue weighted by Gasteiger charge is 2.40. The van der Waals surface area contributed by atoms with Crippen LogP contribution in [0, 0.1) is 0 Å². The number of likely N-dealkylation sites (tertiary alicyclic amines) is 1. The highest BCUT2D eigenvalue weighted by Crippen LogP contribution is 2.34. The van der Waals surface area contributed by atoms with Gasteiger partial charge >= 0.3 is 6.36 Å². The summed E-state index contributed by atoms with van der Waals surface area (Å²) in [6.07, 6.45) is -3.11. The molecule has 198 valence electrons. The summed E-state index contributed by atoms with van der Waals surface area (Å²) in [6.45, 7) is 4.38. The molecule has 2 fully saturated rings. The van der Waals surface area contributed by atoms with Gasteiger partial charge in [0.15, 0.2) is 5.16 Å². The number of carbonyl (C=O) groups is 1. The molecule has 5 rings (SSSR count).